The summed E-state index contributed by atoms with van der Waals surface area (Å²) in [4.78, 5) is 15.9. The van der Waals surface area contributed by atoms with Crippen LogP contribution in [0.5, 0.6) is 0 Å². The van der Waals surface area contributed by atoms with E-state index < -0.39 is 0 Å². The van der Waals surface area contributed by atoms with Crippen LogP contribution in [0.25, 0.3) is 0 Å². The van der Waals surface area contributed by atoms with Gasteiger partial charge >= 0.3 is 0 Å². The van der Waals surface area contributed by atoms with Gasteiger partial charge in [-0.25, -0.2) is 9.67 Å². The van der Waals surface area contributed by atoms with Crippen LogP contribution in [-0.2, 0) is 11.8 Å². The molecule has 1 amide bonds. The lowest BCUT2D eigenvalue weighted by Gasteiger charge is -2.08. The maximum atomic E-state index is 11.9. The largest absolute Gasteiger partial charge is 0.399 e. The molecule has 0 bridgehead atoms. The number of benzene rings is 1. The number of thioether (sulfide) groups is 1. The Kier molecular flexibility index (Phi) is 4.06. The Morgan fingerprint density at radius 3 is 3.00 bits per heavy atom. The molecule has 1 aromatic carbocycles. The van der Waals surface area contributed by atoms with Crippen LogP contribution in [-0.4, -0.2) is 26.4 Å². The highest BCUT2D eigenvalue weighted by Gasteiger charge is 2.08. The van der Waals surface area contributed by atoms with Crippen molar-refractivity contribution >= 4 is 29.0 Å². The number of carbonyl (C=O) groups is 1. The Labute approximate surface area is 115 Å². The van der Waals surface area contributed by atoms with E-state index in [0.29, 0.717) is 10.8 Å². The fourth-order valence-corrected chi connectivity index (χ4v) is 2.19. The molecule has 0 radical (unpaired) electrons. The third kappa shape index (κ3) is 3.47. The molecule has 1 heterocycles. The zero-order valence-corrected chi connectivity index (χ0v) is 11.6. The molecule has 2 rings (SSSR count). The van der Waals surface area contributed by atoms with E-state index in [1.165, 1.54) is 18.1 Å². The molecule has 3 N–H and O–H groups in total. The summed E-state index contributed by atoms with van der Waals surface area (Å²) in [5.41, 5.74) is 8.04. The second-order valence-electron chi connectivity index (χ2n) is 4.08. The quantitative estimate of drug-likeness (QED) is 0.652. The molecule has 0 spiro atoms. The van der Waals surface area contributed by atoms with Gasteiger partial charge in [0.15, 0.2) is 5.16 Å². The summed E-state index contributed by atoms with van der Waals surface area (Å²) >= 11 is 1.34. The standard InChI is InChI=1S/C12H15N5OS/c1-8-3-4-9(13)5-10(8)16-11(18)6-19-12-14-7-15-17(12)2/h3-5,7H,6,13H2,1-2H3,(H,16,18). The van der Waals surface area contributed by atoms with Crippen molar-refractivity contribution in [3.05, 3.63) is 30.1 Å². The molecule has 0 aliphatic rings. The Morgan fingerprint density at radius 2 is 2.32 bits per heavy atom. The lowest BCUT2D eigenvalue weighted by molar-refractivity contribution is -0.113. The summed E-state index contributed by atoms with van der Waals surface area (Å²) in [5, 5.41) is 7.48. The fourth-order valence-electron chi connectivity index (χ4n) is 1.51. The molecule has 0 unspecified atom stereocenters. The number of aryl methyl sites for hydroxylation is 2. The van der Waals surface area contributed by atoms with E-state index in [1.54, 1.807) is 23.9 Å². The highest BCUT2D eigenvalue weighted by Crippen LogP contribution is 2.19. The van der Waals surface area contributed by atoms with Gasteiger partial charge in [-0.3, -0.25) is 4.79 Å². The van der Waals surface area contributed by atoms with Crippen molar-refractivity contribution in [3.63, 3.8) is 0 Å². The van der Waals surface area contributed by atoms with E-state index in [9.17, 15) is 4.79 Å². The number of amides is 1. The number of rotatable bonds is 4. The van der Waals surface area contributed by atoms with Crippen LogP contribution >= 0.6 is 11.8 Å². The van der Waals surface area contributed by atoms with Gasteiger partial charge in [0, 0.05) is 18.4 Å². The normalized spacial score (nSPS) is 10.4. The van der Waals surface area contributed by atoms with Crippen LogP contribution in [0.1, 0.15) is 5.56 Å². The number of nitrogens with one attached hydrogen (secondary N) is 1. The summed E-state index contributed by atoms with van der Waals surface area (Å²) in [6, 6.07) is 5.43. The molecule has 0 aliphatic carbocycles. The second kappa shape index (κ2) is 5.75. The van der Waals surface area contributed by atoms with E-state index >= 15 is 0 Å². The molecule has 19 heavy (non-hydrogen) atoms. The van der Waals surface area contributed by atoms with Gasteiger partial charge in [0.2, 0.25) is 5.91 Å². The topological polar surface area (TPSA) is 85.8 Å². The van der Waals surface area contributed by atoms with Gasteiger partial charge in [-0.1, -0.05) is 17.8 Å². The summed E-state index contributed by atoms with van der Waals surface area (Å²) in [5.74, 6) is 0.183. The number of nitrogens with zero attached hydrogens (tertiary/aromatic N) is 3. The van der Waals surface area contributed by atoms with Gasteiger partial charge in [0.05, 0.1) is 5.75 Å². The van der Waals surface area contributed by atoms with Gasteiger partial charge in [-0.05, 0) is 24.6 Å². The van der Waals surface area contributed by atoms with Gasteiger partial charge in [-0.2, -0.15) is 5.10 Å². The van der Waals surface area contributed by atoms with E-state index in [-0.39, 0.29) is 11.7 Å². The average molecular weight is 277 g/mol. The predicted molar refractivity (Wildman–Crippen MR) is 75.9 cm³/mol. The minimum atomic E-state index is -0.0956. The molecular formula is C12H15N5OS. The van der Waals surface area contributed by atoms with E-state index in [4.69, 9.17) is 5.73 Å². The Morgan fingerprint density at radius 1 is 1.53 bits per heavy atom. The minimum Gasteiger partial charge on any atom is -0.399 e. The van der Waals surface area contributed by atoms with E-state index in [0.717, 1.165) is 11.3 Å². The Balaban J connectivity index is 1.94. The SMILES string of the molecule is Cc1ccc(N)cc1NC(=O)CSc1ncnn1C. The van der Waals surface area contributed by atoms with Crippen LogP contribution in [0.4, 0.5) is 11.4 Å². The van der Waals surface area contributed by atoms with Crippen LogP contribution in [0.2, 0.25) is 0 Å². The fraction of sp³-hybridized carbons (Fsp3) is 0.250. The third-order valence-corrected chi connectivity index (χ3v) is 3.57. The molecule has 100 valence electrons. The molecule has 0 saturated carbocycles. The minimum absolute atomic E-state index is 0.0956. The first kappa shape index (κ1) is 13.4. The molecule has 1 aromatic heterocycles. The van der Waals surface area contributed by atoms with Crippen molar-refractivity contribution in [1.82, 2.24) is 14.8 Å². The molecule has 2 aromatic rings. The highest BCUT2D eigenvalue weighted by atomic mass is 32.2. The molecule has 7 heteroatoms. The van der Waals surface area contributed by atoms with Crippen LogP contribution in [0, 0.1) is 6.92 Å². The molecule has 0 aliphatic heterocycles. The zero-order chi connectivity index (χ0) is 13.8. The number of hydrogen-bond donors (Lipinski definition) is 2. The monoisotopic (exact) mass is 277 g/mol. The van der Waals surface area contributed by atoms with Crippen molar-refractivity contribution in [2.75, 3.05) is 16.8 Å². The summed E-state index contributed by atoms with van der Waals surface area (Å²) < 4.78 is 1.63. The first-order chi connectivity index (χ1) is 9.06. The van der Waals surface area contributed by atoms with Gasteiger partial charge in [-0.15, -0.1) is 0 Å². The number of nitrogens with two attached hydrogens (primary N) is 1. The van der Waals surface area contributed by atoms with Gasteiger partial charge < -0.3 is 11.1 Å². The average Bonchev–Trinajstić information content (AvgIpc) is 2.77. The van der Waals surface area contributed by atoms with Gasteiger partial charge in [0.1, 0.15) is 6.33 Å². The number of nitrogen functional groups attached to an aromatic ring is 1. The van der Waals surface area contributed by atoms with Crippen molar-refractivity contribution in [1.29, 1.82) is 0 Å². The molecule has 0 fully saturated rings. The maximum Gasteiger partial charge on any atom is 0.234 e. The Hall–Kier alpha value is -2.02. The highest BCUT2D eigenvalue weighted by molar-refractivity contribution is 7.99. The number of hydrogen-bond acceptors (Lipinski definition) is 5. The van der Waals surface area contributed by atoms with Crippen molar-refractivity contribution in [3.8, 4) is 0 Å². The van der Waals surface area contributed by atoms with E-state index in [2.05, 4.69) is 15.4 Å². The maximum absolute atomic E-state index is 11.9. The third-order valence-electron chi connectivity index (χ3n) is 2.54. The number of carbonyl (C=O) groups excluding carboxylic acids is 1. The van der Waals surface area contributed by atoms with Gasteiger partial charge in [0.25, 0.3) is 0 Å². The smallest absolute Gasteiger partial charge is 0.234 e. The molecular weight excluding hydrogens is 262 g/mol. The second-order valence-corrected chi connectivity index (χ2v) is 5.02. The van der Waals surface area contributed by atoms with Crippen LogP contribution < -0.4 is 11.1 Å². The lowest BCUT2D eigenvalue weighted by atomic mass is 10.2. The number of anilines is 2. The van der Waals surface area contributed by atoms with E-state index in [1.807, 2.05) is 13.0 Å². The summed E-state index contributed by atoms with van der Waals surface area (Å²) in [7, 11) is 1.79. The van der Waals surface area contributed by atoms with Crippen molar-refractivity contribution < 1.29 is 4.79 Å². The van der Waals surface area contributed by atoms with Crippen molar-refractivity contribution in [2.24, 2.45) is 7.05 Å². The van der Waals surface area contributed by atoms with Crippen LogP contribution in [0.3, 0.4) is 0 Å². The first-order valence-corrected chi connectivity index (χ1v) is 6.67. The lowest BCUT2D eigenvalue weighted by Crippen LogP contribution is -2.15. The molecule has 0 atom stereocenters. The van der Waals surface area contributed by atoms with Crippen molar-refractivity contribution in [2.45, 2.75) is 12.1 Å². The first-order valence-electron chi connectivity index (χ1n) is 5.69. The zero-order valence-electron chi connectivity index (χ0n) is 10.8. The molecule has 0 saturated heterocycles. The molecule has 6 nitrogen and oxygen atoms in total. The predicted octanol–water partition coefficient (Wildman–Crippen LogP) is 1.44. The number of aromatic nitrogens is 3. The van der Waals surface area contributed by atoms with Crippen LogP contribution in [0.15, 0.2) is 29.7 Å². The summed E-state index contributed by atoms with van der Waals surface area (Å²) in [6.45, 7) is 1.92. The summed E-state index contributed by atoms with van der Waals surface area (Å²) in [6.07, 6.45) is 1.46. The Bertz CT molecular complexity index is 596.